The van der Waals surface area contributed by atoms with Gasteiger partial charge >= 0.3 is 6.09 Å². The maximum atomic E-state index is 11.5. The van der Waals surface area contributed by atoms with E-state index in [1.165, 1.54) is 0 Å². The van der Waals surface area contributed by atoms with E-state index in [-0.39, 0.29) is 6.09 Å². The highest BCUT2D eigenvalue weighted by Gasteiger charge is 2.24. The first-order valence-electron chi connectivity index (χ1n) is 5.93. The molecule has 0 radical (unpaired) electrons. The number of amides is 1. The van der Waals surface area contributed by atoms with E-state index in [0.29, 0.717) is 12.5 Å². The largest absolute Gasteiger partial charge is 0.444 e. The molecule has 1 aliphatic rings. The Bertz CT molecular complexity index is 406. The van der Waals surface area contributed by atoms with Crippen LogP contribution >= 0.6 is 0 Å². The van der Waals surface area contributed by atoms with Crippen LogP contribution in [0.2, 0.25) is 0 Å². The van der Waals surface area contributed by atoms with Crippen LogP contribution in [0.25, 0.3) is 0 Å². The quantitative estimate of drug-likeness (QED) is 0.854. The molecule has 94 valence electrons. The molecule has 1 amide bonds. The van der Waals surface area contributed by atoms with Gasteiger partial charge in [-0.2, -0.15) is 0 Å². The molecule has 0 fully saturated rings. The summed E-state index contributed by atoms with van der Waals surface area (Å²) in [6.07, 6.45) is 4.44. The molecule has 2 heterocycles. The lowest BCUT2D eigenvalue weighted by Crippen LogP contribution is -2.34. The number of aryl methyl sites for hydroxylation is 1. The fourth-order valence-electron chi connectivity index (χ4n) is 2.01. The number of hydrogen-bond donors (Lipinski definition) is 1. The third kappa shape index (κ3) is 2.99. The molecule has 1 atom stereocenters. The van der Waals surface area contributed by atoms with Gasteiger partial charge in [0.2, 0.25) is 0 Å². The lowest BCUT2D eigenvalue weighted by atomic mass is 10.1. The molecule has 17 heavy (non-hydrogen) atoms. The van der Waals surface area contributed by atoms with Crippen molar-refractivity contribution in [2.75, 3.05) is 6.54 Å². The van der Waals surface area contributed by atoms with Crippen LogP contribution in [0.3, 0.4) is 0 Å². The Morgan fingerprint density at radius 1 is 1.65 bits per heavy atom. The van der Waals surface area contributed by atoms with Crippen molar-refractivity contribution in [3.05, 3.63) is 18.2 Å². The van der Waals surface area contributed by atoms with Gasteiger partial charge < -0.3 is 14.6 Å². The van der Waals surface area contributed by atoms with Gasteiger partial charge in [-0.05, 0) is 27.2 Å². The van der Waals surface area contributed by atoms with Crippen LogP contribution in [-0.4, -0.2) is 27.8 Å². The highest BCUT2D eigenvalue weighted by molar-refractivity contribution is 5.67. The Hall–Kier alpha value is -1.52. The summed E-state index contributed by atoms with van der Waals surface area (Å²) in [6.45, 7) is 7.14. The molecular formula is C12H19N3O2. The minimum absolute atomic E-state index is 0.303. The second-order valence-electron chi connectivity index (χ2n) is 5.35. The lowest BCUT2D eigenvalue weighted by molar-refractivity contribution is 0.0524. The molecular weight excluding hydrogens is 218 g/mol. The van der Waals surface area contributed by atoms with Crippen molar-refractivity contribution in [2.45, 2.75) is 45.3 Å². The molecule has 0 spiro atoms. The van der Waals surface area contributed by atoms with E-state index in [1.807, 2.05) is 27.0 Å². The summed E-state index contributed by atoms with van der Waals surface area (Å²) in [6, 6.07) is 0. The molecule has 5 nitrogen and oxygen atoms in total. The van der Waals surface area contributed by atoms with E-state index in [4.69, 9.17) is 4.74 Å². The number of aromatic nitrogens is 2. The van der Waals surface area contributed by atoms with E-state index in [0.717, 1.165) is 18.8 Å². The third-order valence-corrected chi connectivity index (χ3v) is 2.72. The lowest BCUT2D eigenvalue weighted by Gasteiger charge is -2.20. The van der Waals surface area contributed by atoms with Crippen LogP contribution in [-0.2, 0) is 11.3 Å². The van der Waals surface area contributed by atoms with Crippen LogP contribution in [0.15, 0.2) is 12.4 Å². The molecule has 0 saturated carbocycles. The highest BCUT2D eigenvalue weighted by atomic mass is 16.6. The number of carbonyl (C=O) groups excluding carboxylic acids is 1. The molecule has 1 aromatic heterocycles. The number of ether oxygens (including phenoxy) is 1. The SMILES string of the molecule is CC(C)(C)OC(=O)NCC1CCn2ccnc21. The monoisotopic (exact) mass is 237 g/mol. The van der Waals surface area contributed by atoms with Gasteiger partial charge in [0.05, 0.1) is 0 Å². The van der Waals surface area contributed by atoms with Crippen LogP contribution < -0.4 is 5.32 Å². The van der Waals surface area contributed by atoms with E-state index < -0.39 is 5.60 Å². The van der Waals surface area contributed by atoms with Crippen LogP contribution in [0.5, 0.6) is 0 Å². The minimum atomic E-state index is -0.446. The predicted molar refractivity (Wildman–Crippen MR) is 63.8 cm³/mol. The van der Waals surface area contributed by atoms with Crippen LogP contribution in [0.4, 0.5) is 4.79 Å². The molecule has 2 rings (SSSR count). The van der Waals surface area contributed by atoms with Crippen molar-refractivity contribution in [3.8, 4) is 0 Å². The number of alkyl carbamates (subject to hydrolysis) is 1. The fraction of sp³-hybridized carbons (Fsp3) is 0.667. The number of fused-ring (bicyclic) bond motifs is 1. The first kappa shape index (κ1) is 12.0. The Kier molecular flexibility index (Phi) is 3.09. The van der Waals surface area contributed by atoms with Gasteiger partial charge in [0, 0.05) is 31.4 Å². The number of hydrogen-bond acceptors (Lipinski definition) is 3. The Morgan fingerprint density at radius 3 is 3.12 bits per heavy atom. The zero-order valence-electron chi connectivity index (χ0n) is 10.6. The molecule has 1 N–H and O–H groups in total. The number of nitrogens with one attached hydrogen (secondary N) is 1. The van der Waals surface area contributed by atoms with Gasteiger partial charge in [-0.1, -0.05) is 0 Å². The van der Waals surface area contributed by atoms with E-state index in [1.54, 1.807) is 6.20 Å². The summed E-state index contributed by atoms with van der Waals surface area (Å²) in [5.74, 6) is 1.36. The van der Waals surface area contributed by atoms with Crippen molar-refractivity contribution < 1.29 is 9.53 Å². The molecule has 0 aliphatic carbocycles. The predicted octanol–water partition coefficient (Wildman–Crippen LogP) is 1.90. The Morgan fingerprint density at radius 2 is 2.41 bits per heavy atom. The fourth-order valence-corrected chi connectivity index (χ4v) is 2.01. The average molecular weight is 237 g/mol. The van der Waals surface area contributed by atoms with E-state index in [2.05, 4.69) is 14.9 Å². The molecule has 0 bridgehead atoms. The first-order chi connectivity index (χ1) is 7.96. The molecule has 0 aromatic carbocycles. The van der Waals surface area contributed by atoms with Crippen molar-refractivity contribution in [2.24, 2.45) is 0 Å². The van der Waals surface area contributed by atoms with Gasteiger partial charge in [-0.25, -0.2) is 9.78 Å². The molecule has 5 heteroatoms. The Labute approximate surface area is 101 Å². The number of imidazole rings is 1. The van der Waals surface area contributed by atoms with Crippen molar-refractivity contribution >= 4 is 6.09 Å². The van der Waals surface area contributed by atoms with Crippen molar-refractivity contribution in [1.29, 1.82) is 0 Å². The standard InChI is InChI=1S/C12H19N3O2/c1-12(2,3)17-11(16)14-8-9-4-6-15-7-5-13-10(9)15/h5,7,9H,4,6,8H2,1-3H3,(H,14,16). The minimum Gasteiger partial charge on any atom is -0.444 e. The van der Waals surface area contributed by atoms with Crippen molar-refractivity contribution in [3.63, 3.8) is 0 Å². The average Bonchev–Trinajstić information content (AvgIpc) is 2.73. The normalized spacial score (nSPS) is 18.9. The molecule has 1 unspecified atom stereocenters. The second kappa shape index (κ2) is 4.39. The molecule has 0 saturated heterocycles. The number of rotatable bonds is 2. The van der Waals surface area contributed by atoms with Gasteiger partial charge in [0.15, 0.2) is 0 Å². The van der Waals surface area contributed by atoms with Gasteiger partial charge in [-0.3, -0.25) is 0 Å². The van der Waals surface area contributed by atoms with Gasteiger partial charge in [0.25, 0.3) is 0 Å². The van der Waals surface area contributed by atoms with Crippen LogP contribution in [0.1, 0.15) is 38.9 Å². The topological polar surface area (TPSA) is 56.1 Å². The van der Waals surface area contributed by atoms with Gasteiger partial charge in [-0.15, -0.1) is 0 Å². The van der Waals surface area contributed by atoms with Gasteiger partial charge in [0.1, 0.15) is 11.4 Å². The Balaban J connectivity index is 1.82. The van der Waals surface area contributed by atoms with E-state index in [9.17, 15) is 4.79 Å². The first-order valence-corrected chi connectivity index (χ1v) is 5.93. The zero-order chi connectivity index (χ0) is 12.5. The molecule has 1 aliphatic heterocycles. The smallest absolute Gasteiger partial charge is 0.407 e. The summed E-state index contributed by atoms with van der Waals surface area (Å²) in [5, 5.41) is 2.80. The third-order valence-electron chi connectivity index (χ3n) is 2.72. The summed E-state index contributed by atoms with van der Waals surface area (Å²) in [7, 11) is 0. The van der Waals surface area contributed by atoms with Crippen LogP contribution in [0, 0.1) is 0 Å². The summed E-state index contributed by atoms with van der Waals surface area (Å²) < 4.78 is 7.32. The molecule has 1 aromatic rings. The maximum Gasteiger partial charge on any atom is 0.407 e. The zero-order valence-corrected chi connectivity index (χ0v) is 10.6. The number of nitrogens with zero attached hydrogens (tertiary/aromatic N) is 2. The maximum absolute atomic E-state index is 11.5. The highest BCUT2D eigenvalue weighted by Crippen LogP contribution is 2.25. The van der Waals surface area contributed by atoms with E-state index >= 15 is 0 Å². The van der Waals surface area contributed by atoms with Crippen molar-refractivity contribution in [1.82, 2.24) is 14.9 Å². The summed E-state index contributed by atoms with van der Waals surface area (Å²) in [5.41, 5.74) is -0.446. The summed E-state index contributed by atoms with van der Waals surface area (Å²) >= 11 is 0. The number of carbonyl (C=O) groups is 1. The summed E-state index contributed by atoms with van der Waals surface area (Å²) in [4.78, 5) is 15.8. The second-order valence-corrected chi connectivity index (χ2v) is 5.35.